The smallest absolute Gasteiger partial charge is 0.191 e. The molecule has 0 unspecified atom stereocenters. The highest BCUT2D eigenvalue weighted by Gasteiger charge is 2.21. The largest absolute Gasteiger partial charge is 0.376 e. The van der Waals surface area contributed by atoms with Gasteiger partial charge in [-0.05, 0) is 51.1 Å². The van der Waals surface area contributed by atoms with E-state index < -0.39 is 0 Å². The Bertz CT molecular complexity index is 640. The molecule has 1 aromatic heterocycles. The Morgan fingerprint density at radius 1 is 1.28 bits per heavy atom. The summed E-state index contributed by atoms with van der Waals surface area (Å²) in [5.41, 5.74) is 1.40. The van der Waals surface area contributed by atoms with Gasteiger partial charge in [-0.25, -0.2) is 0 Å². The summed E-state index contributed by atoms with van der Waals surface area (Å²) in [6.07, 6.45) is 6.93. The molecule has 2 aromatic rings. The minimum Gasteiger partial charge on any atom is -0.376 e. The van der Waals surface area contributed by atoms with E-state index in [1.807, 2.05) is 0 Å². The Balaban J connectivity index is 1.53. The summed E-state index contributed by atoms with van der Waals surface area (Å²) in [6, 6.07) is 10.7. The number of aromatic nitrogens is 3. The zero-order chi connectivity index (χ0) is 17.5. The number of aryl methyl sites for hydroxylation is 1. The Hall–Kier alpha value is -1.37. The van der Waals surface area contributed by atoms with Gasteiger partial charge in [-0.1, -0.05) is 42.1 Å². The highest BCUT2D eigenvalue weighted by Crippen LogP contribution is 2.20. The van der Waals surface area contributed by atoms with Crippen LogP contribution in [0.3, 0.4) is 0 Å². The molecular formula is C19H28N4OS. The molecule has 5 nitrogen and oxygen atoms in total. The number of hydrogen-bond acceptors (Lipinski definition) is 5. The lowest BCUT2D eigenvalue weighted by Gasteiger charge is -2.18. The third-order valence-corrected chi connectivity index (χ3v) is 5.31. The first-order chi connectivity index (χ1) is 12.3. The first kappa shape index (κ1) is 18.4. The van der Waals surface area contributed by atoms with Crippen LogP contribution in [-0.2, 0) is 24.2 Å². The van der Waals surface area contributed by atoms with Crippen molar-refractivity contribution in [3.05, 3.63) is 41.7 Å². The van der Waals surface area contributed by atoms with Crippen LogP contribution in [0, 0.1) is 0 Å². The van der Waals surface area contributed by atoms with Gasteiger partial charge in [0, 0.05) is 6.61 Å². The summed E-state index contributed by atoms with van der Waals surface area (Å²) in [6.45, 7) is 3.64. The Morgan fingerprint density at radius 3 is 2.84 bits per heavy atom. The zero-order valence-electron chi connectivity index (χ0n) is 15.2. The van der Waals surface area contributed by atoms with E-state index in [0.29, 0.717) is 6.10 Å². The van der Waals surface area contributed by atoms with Gasteiger partial charge in [0.2, 0.25) is 0 Å². The van der Waals surface area contributed by atoms with Crippen molar-refractivity contribution in [1.29, 1.82) is 0 Å². The minimum atomic E-state index is 0.309. The Morgan fingerprint density at radius 2 is 2.12 bits per heavy atom. The monoisotopic (exact) mass is 360 g/mol. The number of thioether (sulfide) groups is 1. The van der Waals surface area contributed by atoms with Crippen LogP contribution >= 0.6 is 11.8 Å². The standard InChI is InChI=1S/C19H28N4OS/c1-22(12-6-10-16-8-4-3-5-9-16)15-18-20-21-19(25-2)23(18)14-17-11-7-13-24-17/h3-5,8-9,17H,6-7,10-15H2,1-2H3/t17-/m0/s1. The summed E-state index contributed by atoms with van der Waals surface area (Å²) >= 11 is 1.66. The van der Waals surface area contributed by atoms with Crippen LogP contribution in [0.1, 0.15) is 30.7 Å². The van der Waals surface area contributed by atoms with E-state index in [4.69, 9.17) is 4.74 Å². The molecule has 2 heterocycles. The quantitative estimate of drug-likeness (QED) is 0.642. The summed E-state index contributed by atoms with van der Waals surface area (Å²) in [4.78, 5) is 2.34. The molecule has 0 bridgehead atoms. The van der Waals surface area contributed by atoms with Crippen molar-refractivity contribution in [2.24, 2.45) is 0 Å². The van der Waals surface area contributed by atoms with Crippen LogP contribution in [0.4, 0.5) is 0 Å². The van der Waals surface area contributed by atoms with E-state index in [9.17, 15) is 0 Å². The second-order valence-corrected chi connectivity index (χ2v) is 7.45. The molecule has 6 heteroatoms. The number of rotatable bonds is 9. The highest BCUT2D eigenvalue weighted by molar-refractivity contribution is 7.98. The van der Waals surface area contributed by atoms with Crippen molar-refractivity contribution in [2.45, 2.75) is 50.0 Å². The van der Waals surface area contributed by atoms with Crippen LogP contribution in [-0.4, -0.2) is 52.2 Å². The van der Waals surface area contributed by atoms with Crippen molar-refractivity contribution in [3.63, 3.8) is 0 Å². The fourth-order valence-corrected chi connectivity index (χ4v) is 3.80. The molecule has 1 aromatic carbocycles. The molecule has 25 heavy (non-hydrogen) atoms. The van der Waals surface area contributed by atoms with Gasteiger partial charge >= 0.3 is 0 Å². The topological polar surface area (TPSA) is 43.2 Å². The van der Waals surface area contributed by atoms with E-state index in [2.05, 4.69) is 63.3 Å². The summed E-state index contributed by atoms with van der Waals surface area (Å²) in [5, 5.41) is 9.77. The lowest BCUT2D eigenvalue weighted by molar-refractivity contribution is 0.0935. The molecular weight excluding hydrogens is 332 g/mol. The van der Waals surface area contributed by atoms with Gasteiger partial charge in [-0.15, -0.1) is 10.2 Å². The number of ether oxygens (including phenoxy) is 1. The summed E-state index contributed by atoms with van der Waals surface area (Å²) < 4.78 is 8.04. The Kier molecular flexibility index (Phi) is 6.90. The summed E-state index contributed by atoms with van der Waals surface area (Å²) in [7, 11) is 2.16. The van der Waals surface area contributed by atoms with Crippen LogP contribution in [0.2, 0.25) is 0 Å². The van der Waals surface area contributed by atoms with E-state index in [1.165, 1.54) is 5.56 Å². The van der Waals surface area contributed by atoms with Crippen molar-refractivity contribution >= 4 is 11.8 Å². The van der Waals surface area contributed by atoms with E-state index in [0.717, 1.165) is 62.9 Å². The van der Waals surface area contributed by atoms with Gasteiger partial charge in [0.25, 0.3) is 0 Å². The van der Waals surface area contributed by atoms with Gasteiger partial charge in [0.05, 0.1) is 19.2 Å². The molecule has 0 N–H and O–H groups in total. The van der Waals surface area contributed by atoms with Crippen LogP contribution in [0.25, 0.3) is 0 Å². The molecule has 1 fully saturated rings. The normalized spacial score (nSPS) is 17.5. The predicted octanol–water partition coefficient (Wildman–Crippen LogP) is 3.24. The average Bonchev–Trinajstić information content (AvgIpc) is 3.27. The molecule has 1 aliphatic heterocycles. The van der Waals surface area contributed by atoms with E-state index in [1.54, 1.807) is 11.8 Å². The number of nitrogens with zero attached hydrogens (tertiary/aromatic N) is 4. The van der Waals surface area contributed by atoms with Crippen molar-refractivity contribution in [2.75, 3.05) is 26.5 Å². The van der Waals surface area contributed by atoms with Gasteiger partial charge in [0.1, 0.15) is 5.82 Å². The molecule has 136 valence electrons. The fraction of sp³-hybridized carbons (Fsp3) is 0.579. The van der Waals surface area contributed by atoms with E-state index >= 15 is 0 Å². The molecule has 1 atom stereocenters. The second kappa shape index (κ2) is 9.36. The zero-order valence-corrected chi connectivity index (χ0v) is 16.0. The lowest BCUT2D eigenvalue weighted by atomic mass is 10.1. The third-order valence-electron chi connectivity index (χ3n) is 4.65. The Labute approximate surface area is 154 Å². The molecule has 0 aliphatic carbocycles. The number of hydrogen-bond donors (Lipinski definition) is 0. The fourth-order valence-electron chi connectivity index (χ4n) is 3.28. The van der Waals surface area contributed by atoms with Crippen LogP contribution in [0.5, 0.6) is 0 Å². The molecule has 0 spiro atoms. The average molecular weight is 361 g/mol. The predicted molar refractivity (Wildman–Crippen MR) is 102 cm³/mol. The molecule has 0 radical (unpaired) electrons. The maximum Gasteiger partial charge on any atom is 0.191 e. The van der Waals surface area contributed by atoms with Crippen LogP contribution < -0.4 is 0 Å². The second-order valence-electron chi connectivity index (χ2n) is 6.68. The minimum absolute atomic E-state index is 0.309. The van der Waals surface area contributed by atoms with Gasteiger partial charge in [0.15, 0.2) is 5.16 Å². The summed E-state index contributed by atoms with van der Waals surface area (Å²) in [5.74, 6) is 1.04. The first-order valence-corrected chi connectivity index (χ1v) is 10.3. The van der Waals surface area contributed by atoms with Crippen LogP contribution in [0.15, 0.2) is 35.5 Å². The molecule has 1 saturated heterocycles. The number of benzene rings is 1. The molecule has 1 aliphatic rings. The lowest BCUT2D eigenvalue weighted by Crippen LogP contribution is -2.24. The molecule has 0 saturated carbocycles. The maximum absolute atomic E-state index is 5.80. The van der Waals surface area contributed by atoms with Gasteiger partial charge < -0.3 is 9.30 Å². The van der Waals surface area contributed by atoms with Crippen molar-refractivity contribution in [1.82, 2.24) is 19.7 Å². The third kappa shape index (κ3) is 5.30. The van der Waals surface area contributed by atoms with Gasteiger partial charge in [-0.2, -0.15) is 0 Å². The highest BCUT2D eigenvalue weighted by atomic mass is 32.2. The molecule has 3 rings (SSSR count). The SMILES string of the molecule is CSc1nnc(CN(C)CCCc2ccccc2)n1C[C@@H]1CCCO1. The maximum atomic E-state index is 5.80. The van der Waals surface area contributed by atoms with Crippen molar-refractivity contribution in [3.8, 4) is 0 Å². The molecule has 0 amide bonds. The first-order valence-electron chi connectivity index (χ1n) is 9.06. The van der Waals surface area contributed by atoms with E-state index in [-0.39, 0.29) is 0 Å². The van der Waals surface area contributed by atoms with Crippen molar-refractivity contribution < 1.29 is 4.74 Å². The van der Waals surface area contributed by atoms with Gasteiger partial charge in [-0.3, -0.25) is 4.90 Å².